The van der Waals surface area contributed by atoms with Crippen molar-refractivity contribution < 1.29 is 0 Å². The molecule has 0 aliphatic carbocycles. The van der Waals surface area contributed by atoms with E-state index >= 15 is 0 Å². The quantitative estimate of drug-likeness (QED) is 0.292. The SMILES string of the molecule is Cc1cc(-c2ccc(-c3c[nH]c(C(N)C(C)C)n3)cc2)ccc1-c1c[nH]c(C(N)C(C)C)n1. The van der Waals surface area contributed by atoms with Gasteiger partial charge in [-0.25, -0.2) is 9.97 Å². The molecule has 0 bridgehead atoms. The summed E-state index contributed by atoms with van der Waals surface area (Å²) in [6, 6.07) is 14.8. The van der Waals surface area contributed by atoms with Crippen LogP contribution in [-0.4, -0.2) is 19.9 Å². The van der Waals surface area contributed by atoms with Gasteiger partial charge in [0.2, 0.25) is 0 Å². The number of imidazole rings is 2. The zero-order chi connectivity index (χ0) is 23.7. The highest BCUT2D eigenvalue weighted by molar-refractivity contribution is 5.73. The van der Waals surface area contributed by atoms with E-state index in [0.29, 0.717) is 11.8 Å². The Balaban J connectivity index is 1.54. The van der Waals surface area contributed by atoms with Gasteiger partial charge in [-0.3, -0.25) is 0 Å². The van der Waals surface area contributed by atoms with E-state index in [9.17, 15) is 0 Å². The summed E-state index contributed by atoms with van der Waals surface area (Å²) in [5.41, 5.74) is 20.0. The van der Waals surface area contributed by atoms with Gasteiger partial charge >= 0.3 is 0 Å². The highest BCUT2D eigenvalue weighted by Gasteiger charge is 2.16. The third kappa shape index (κ3) is 4.77. The lowest BCUT2D eigenvalue weighted by Crippen LogP contribution is -2.18. The Labute approximate surface area is 195 Å². The van der Waals surface area contributed by atoms with E-state index in [2.05, 4.69) is 92.0 Å². The van der Waals surface area contributed by atoms with Crippen molar-refractivity contribution in [1.29, 1.82) is 0 Å². The summed E-state index contributed by atoms with van der Waals surface area (Å²) < 4.78 is 0. The van der Waals surface area contributed by atoms with Crippen LogP contribution in [0.2, 0.25) is 0 Å². The average molecular weight is 443 g/mol. The van der Waals surface area contributed by atoms with Crippen LogP contribution in [0.3, 0.4) is 0 Å². The number of hydrogen-bond acceptors (Lipinski definition) is 4. The first-order valence-corrected chi connectivity index (χ1v) is 11.6. The second-order valence-corrected chi connectivity index (χ2v) is 9.49. The van der Waals surface area contributed by atoms with Crippen LogP contribution >= 0.6 is 0 Å². The molecule has 0 saturated carbocycles. The number of aryl methyl sites for hydroxylation is 1. The van der Waals surface area contributed by atoms with Crippen LogP contribution in [0.4, 0.5) is 0 Å². The van der Waals surface area contributed by atoms with Crippen LogP contribution < -0.4 is 11.5 Å². The lowest BCUT2D eigenvalue weighted by atomic mass is 9.97. The number of rotatable bonds is 7. The van der Waals surface area contributed by atoms with Crippen LogP contribution in [0.15, 0.2) is 54.9 Å². The van der Waals surface area contributed by atoms with Gasteiger partial charge in [0.15, 0.2) is 0 Å². The normalized spacial score (nSPS) is 13.6. The van der Waals surface area contributed by atoms with E-state index in [1.54, 1.807) is 0 Å². The maximum absolute atomic E-state index is 6.24. The first-order chi connectivity index (χ1) is 15.7. The van der Waals surface area contributed by atoms with Gasteiger partial charge < -0.3 is 21.4 Å². The maximum Gasteiger partial charge on any atom is 0.124 e. The van der Waals surface area contributed by atoms with E-state index in [0.717, 1.165) is 39.7 Å². The smallest absolute Gasteiger partial charge is 0.124 e. The molecule has 6 heteroatoms. The van der Waals surface area contributed by atoms with Gasteiger partial charge in [0.25, 0.3) is 0 Å². The van der Waals surface area contributed by atoms with Gasteiger partial charge in [-0.2, -0.15) is 0 Å². The van der Waals surface area contributed by atoms with E-state index in [4.69, 9.17) is 16.5 Å². The molecule has 6 N–H and O–H groups in total. The fraction of sp³-hybridized carbons (Fsp3) is 0.333. The number of nitrogens with one attached hydrogen (secondary N) is 2. The van der Waals surface area contributed by atoms with Gasteiger partial charge in [0.05, 0.1) is 23.5 Å². The number of H-pyrrole nitrogens is 2. The van der Waals surface area contributed by atoms with Crippen molar-refractivity contribution >= 4 is 0 Å². The number of aromatic nitrogens is 4. The average Bonchev–Trinajstić information content (AvgIpc) is 3.48. The third-order valence-electron chi connectivity index (χ3n) is 6.28. The predicted molar refractivity (Wildman–Crippen MR) is 135 cm³/mol. The molecule has 0 aliphatic heterocycles. The molecule has 4 rings (SSSR count). The summed E-state index contributed by atoms with van der Waals surface area (Å²) in [4.78, 5) is 15.9. The Morgan fingerprint density at radius 1 is 0.667 bits per heavy atom. The molecule has 6 nitrogen and oxygen atoms in total. The Kier molecular flexibility index (Phi) is 6.49. The van der Waals surface area contributed by atoms with Crippen LogP contribution in [0.1, 0.15) is 57.0 Å². The number of nitrogens with two attached hydrogens (primary N) is 2. The molecule has 0 saturated heterocycles. The minimum atomic E-state index is -0.0939. The predicted octanol–water partition coefficient (Wildman–Crippen LogP) is 5.75. The molecule has 2 unspecified atom stereocenters. The molecule has 33 heavy (non-hydrogen) atoms. The van der Waals surface area contributed by atoms with Gasteiger partial charge in [0.1, 0.15) is 11.6 Å². The highest BCUT2D eigenvalue weighted by Crippen LogP contribution is 2.30. The van der Waals surface area contributed by atoms with Crippen LogP contribution in [-0.2, 0) is 0 Å². The lowest BCUT2D eigenvalue weighted by molar-refractivity contribution is 0.494. The fourth-order valence-corrected chi connectivity index (χ4v) is 3.90. The lowest BCUT2D eigenvalue weighted by Gasteiger charge is -2.12. The molecular formula is C27H34N6. The van der Waals surface area contributed by atoms with Gasteiger partial charge in [-0.05, 0) is 35.4 Å². The van der Waals surface area contributed by atoms with E-state index in [-0.39, 0.29) is 12.1 Å². The Bertz CT molecular complexity index is 1220. The van der Waals surface area contributed by atoms with Gasteiger partial charge in [0, 0.05) is 23.5 Å². The summed E-state index contributed by atoms with van der Waals surface area (Å²) in [5, 5.41) is 0. The minimum Gasteiger partial charge on any atom is -0.347 e. The molecule has 2 atom stereocenters. The molecule has 4 aromatic rings. The van der Waals surface area contributed by atoms with Crippen LogP contribution in [0, 0.1) is 18.8 Å². The first-order valence-electron chi connectivity index (χ1n) is 11.6. The van der Waals surface area contributed by atoms with Crippen molar-refractivity contribution in [3.63, 3.8) is 0 Å². The standard InChI is InChI=1S/C27H34N6/c1-15(2)24(28)26-30-13-22(32-26)19-8-6-18(7-9-19)20-10-11-21(17(5)12-20)23-14-31-27(33-23)25(29)16(3)4/h6-16,24-25H,28-29H2,1-5H3,(H,30,32)(H,31,33). The van der Waals surface area contributed by atoms with Gasteiger partial charge in [-0.15, -0.1) is 0 Å². The molecule has 0 fully saturated rings. The topological polar surface area (TPSA) is 109 Å². The monoisotopic (exact) mass is 442 g/mol. The fourth-order valence-electron chi connectivity index (χ4n) is 3.90. The molecule has 0 amide bonds. The van der Waals surface area contributed by atoms with E-state index in [1.165, 1.54) is 11.1 Å². The van der Waals surface area contributed by atoms with E-state index in [1.807, 2.05) is 12.4 Å². The van der Waals surface area contributed by atoms with Crippen molar-refractivity contribution in [2.24, 2.45) is 23.3 Å². The van der Waals surface area contributed by atoms with Crippen molar-refractivity contribution in [3.05, 3.63) is 72.1 Å². The van der Waals surface area contributed by atoms with E-state index < -0.39 is 0 Å². The molecule has 0 radical (unpaired) electrons. The molecule has 172 valence electrons. The molecule has 0 aliphatic rings. The zero-order valence-corrected chi connectivity index (χ0v) is 20.1. The second kappa shape index (κ2) is 9.33. The minimum absolute atomic E-state index is 0.0915. The van der Waals surface area contributed by atoms with Gasteiger partial charge in [-0.1, -0.05) is 70.2 Å². The third-order valence-corrected chi connectivity index (χ3v) is 6.28. The van der Waals surface area contributed by atoms with Crippen molar-refractivity contribution in [2.45, 2.75) is 46.7 Å². The second-order valence-electron chi connectivity index (χ2n) is 9.49. The van der Waals surface area contributed by atoms with Crippen molar-refractivity contribution in [2.75, 3.05) is 0 Å². The summed E-state index contributed by atoms with van der Waals surface area (Å²) in [6.07, 6.45) is 3.87. The maximum atomic E-state index is 6.24. The summed E-state index contributed by atoms with van der Waals surface area (Å²) in [6.45, 7) is 10.5. The molecule has 2 aromatic heterocycles. The molecule has 2 aromatic carbocycles. The summed E-state index contributed by atoms with van der Waals surface area (Å²) in [5.74, 6) is 2.31. The molecular weight excluding hydrogens is 408 g/mol. The Hall–Kier alpha value is -3.22. The Morgan fingerprint density at radius 3 is 1.70 bits per heavy atom. The van der Waals surface area contributed by atoms with Crippen LogP contribution in [0.25, 0.3) is 33.6 Å². The summed E-state index contributed by atoms with van der Waals surface area (Å²) >= 11 is 0. The number of benzene rings is 2. The first kappa shape index (κ1) is 23.0. The number of nitrogens with zero attached hydrogens (tertiary/aromatic N) is 2. The largest absolute Gasteiger partial charge is 0.347 e. The van der Waals surface area contributed by atoms with Crippen molar-refractivity contribution in [1.82, 2.24) is 19.9 Å². The number of hydrogen-bond donors (Lipinski definition) is 4. The number of aromatic amines is 2. The molecule has 2 heterocycles. The Morgan fingerprint density at radius 2 is 1.15 bits per heavy atom. The van der Waals surface area contributed by atoms with Crippen LogP contribution in [0.5, 0.6) is 0 Å². The highest BCUT2D eigenvalue weighted by atomic mass is 15.0. The summed E-state index contributed by atoms with van der Waals surface area (Å²) in [7, 11) is 0. The molecule has 0 spiro atoms. The van der Waals surface area contributed by atoms with Crippen molar-refractivity contribution in [3.8, 4) is 33.6 Å². The zero-order valence-electron chi connectivity index (χ0n) is 20.1.